The number of primary amides is 1. The number of hydrogen-bond donors (Lipinski definition) is 3. The number of benzene rings is 1. The van der Waals surface area contributed by atoms with Crippen molar-refractivity contribution in [3.63, 3.8) is 0 Å². The molecule has 4 nitrogen and oxygen atoms in total. The van der Waals surface area contributed by atoms with E-state index < -0.39 is 12.0 Å². The van der Waals surface area contributed by atoms with Gasteiger partial charge in [0.25, 0.3) is 0 Å². The molecule has 88 valence electrons. The number of carbonyl (C=O) groups excluding carboxylic acids is 1. The van der Waals surface area contributed by atoms with Crippen LogP contribution in [0.1, 0.15) is 18.1 Å². The van der Waals surface area contributed by atoms with Crippen LogP contribution in [0.4, 0.5) is 0 Å². The number of aliphatic hydroxyl groups excluding tert-OH is 1. The van der Waals surface area contributed by atoms with Crippen LogP contribution in [0.5, 0.6) is 0 Å². The van der Waals surface area contributed by atoms with Crippen LogP contribution in [-0.2, 0) is 17.8 Å². The van der Waals surface area contributed by atoms with E-state index in [0.29, 0.717) is 6.54 Å². The Kier molecular flexibility index (Phi) is 4.95. The van der Waals surface area contributed by atoms with E-state index in [1.54, 1.807) is 0 Å². The molecule has 1 unspecified atom stereocenters. The van der Waals surface area contributed by atoms with Gasteiger partial charge in [-0.15, -0.1) is 0 Å². The Hall–Kier alpha value is -1.39. The monoisotopic (exact) mass is 222 g/mol. The fourth-order valence-corrected chi connectivity index (χ4v) is 1.35. The molecule has 4 heteroatoms. The first-order valence-corrected chi connectivity index (χ1v) is 5.39. The molecule has 0 aliphatic rings. The molecule has 0 saturated heterocycles. The Morgan fingerprint density at radius 1 is 1.38 bits per heavy atom. The maximum absolute atomic E-state index is 10.6. The lowest BCUT2D eigenvalue weighted by Gasteiger charge is -2.08. The summed E-state index contributed by atoms with van der Waals surface area (Å²) in [6.45, 7) is 2.91. The molecule has 0 heterocycles. The predicted molar refractivity (Wildman–Crippen MR) is 62.7 cm³/mol. The van der Waals surface area contributed by atoms with Crippen LogP contribution < -0.4 is 11.1 Å². The Balaban J connectivity index is 2.34. The van der Waals surface area contributed by atoms with Gasteiger partial charge in [0.2, 0.25) is 5.91 Å². The number of carbonyl (C=O) groups is 1. The van der Waals surface area contributed by atoms with Gasteiger partial charge in [0.05, 0.1) is 0 Å². The minimum absolute atomic E-state index is 0.185. The van der Waals surface area contributed by atoms with Gasteiger partial charge in [-0.2, -0.15) is 0 Å². The summed E-state index contributed by atoms with van der Waals surface area (Å²) >= 11 is 0. The highest BCUT2D eigenvalue weighted by atomic mass is 16.3. The van der Waals surface area contributed by atoms with E-state index in [2.05, 4.69) is 24.4 Å². The number of aryl methyl sites for hydroxylation is 1. The van der Waals surface area contributed by atoms with Gasteiger partial charge < -0.3 is 16.2 Å². The number of hydrogen-bond acceptors (Lipinski definition) is 3. The quantitative estimate of drug-likeness (QED) is 0.643. The molecule has 1 rings (SSSR count). The maximum atomic E-state index is 10.6. The second-order valence-electron chi connectivity index (χ2n) is 3.72. The lowest BCUT2D eigenvalue weighted by Crippen LogP contribution is -2.37. The zero-order chi connectivity index (χ0) is 12.0. The van der Waals surface area contributed by atoms with Crippen molar-refractivity contribution in [1.29, 1.82) is 0 Å². The summed E-state index contributed by atoms with van der Waals surface area (Å²) in [6, 6.07) is 8.20. The Morgan fingerprint density at radius 3 is 2.44 bits per heavy atom. The van der Waals surface area contributed by atoms with Crippen molar-refractivity contribution in [1.82, 2.24) is 5.32 Å². The molecular formula is C12H18N2O2. The average molecular weight is 222 g/mol. The van der Waals surface area contributed by atoms with Crippen LogP contribution in [0.25, 0.3) is 0 Å². The lowest BCUT2D eigenvalue weighted by atomic mass is 10.1. The van der Waals surface area contributed by atoms with Crippen LogP contribution in [0.2, 0.25) is 0 Å². The Labute approximate surface area is 95.5 Å². The summed E-state index contributed by atoms with van der Waals surface area (Å²) in [6.07, 6.45) is -0.0939. The molecule has 0 saturated carbocycles. The van der Waals surface area contributed by atoms with Crippen molar-refractivity contribution < 1.29 is 9.90 Å². The molecule has 1 aromatic carbocycles. The molecular weight excluding hydrogens is 204 g/mol. The van der Waals surface area contributed by atoms with Gasteiger partial charge in [0, 0.05) is 13.1 Å². The van der Waals surface area contributed by atoms with Crippen LogP contribution in [0.15, 0.2) is 24.3 Å². The number of rotatable bonds is 6. The summed E-state index contributed by atoms with van der Waals surface area (Å²) < 4.78 is 0. The van der Waals surface area contributed by atoms with Gasteiger partial charge in [0.15, 0.2) is 0 Å². The third-order valence-electron chi connectivity index (χ3n) is 2.43. The molecule has 0 aromatic heterocycles. The molecule has 0 aliphatic carbocycles. The van der Waals surface area contributed by atoms with Gasteiger partial charge in [-0.3, -0.25) is 4.79 Å². The van der Waals surface area contributed by atoms with Gasteiger partial charge >= 0.3 is 0 Å². The van der Waals surface area contributed by atoms with Crippen LogP contribution in [0, 0.1) is 0 Å². The van der Waals surface area contributed by atoms with E-state index in [1.165, 1.54) is 5.56 Å². The first-order valence-electron chi connectivity index (χ1n) is 5.39. The first kappa shape index (κ1) is 12.7. The summed E-state index contributed by atoms with van der Waals surface area (Å²) in [7, 11) is 0. The maximum Gasteiger partial charge on any atom is 0.247 e. The van der Waals surface area contributed by atoms with Gasteiger partial charge in [-0.25, -0.2) is 0 Å². The first-order chi connectivity index (χ1) is 7.63. The van der Waals surface area contributed by atoms with Crippen LogP contribution in [-0.4, -0.2) is 23.7 Å². The van der Waals surface area contributed by atoms with Gasteiger partial charge in [-0.05, 0) is 17.5 Å². The Morgan fingerprint density at radius 2 is 1.94 bits per heavy atom. The lowest BCUT2D eigenvalue weighted by molar-refractivity contribution is -0.125. The molecule has 4 N–H and O–H groups in total. The van der Waals surface area contributed by atoms with Crippen molar-refractivity contribution in [3.05, 3.63) is 35.4 Å². The molecule has 0 spiro atoms. The third-order valence-corrected chi connectivity index (χ3v) is 2.43. The van der Waals surface area contributed by atoms with Crippen molar-refractivity contribution in [3.8, 4) is 0 Å². The molecule has 0 fully saturated rings. The number of amides is 1. The molecule has 0 bridgehead atoms. The van der Waals surface area contributed by atoms with Crippen molar-refractivity contribution in [2.24, 2.45) is 5.73 Å². The standard InChI is InChI=1S/C12H18N2O2/c1-2-9-3-5-10(6-4-9)7-14-8-11(15)12(13)16/h3-6,11,14-15H,2,7-8H2,1H3,(H2,13,16). The molecule has 1 atom stereocenters. The third kappa shape index (κ3) is 4.00. The summed E-state index contributed by atoms with van der Waals surface area (Å²) in [5, 5.41) is 12.1. The summed E-state index contributed by atoms with van der Waals surface area (Å²) in [5.41, 5.74) is 7.34. The van der Waals surface area contributed by atoms with Gasteiger partial charge in [-0.1, -0.05) is 31.2 Å². The zero-order valence-electron chi connectivity index (χ0n) is 9.44. The topological polar surface area (TPSA) is 75.3 Å². The van der Waals surface area contributed by atoms with Crippen molar-refractivity contribution >= 4 is 5.91 Å². The minimum atomic E-state index is -1.12. The molecule has 1 amide bonds. The number of nitrogens with two attached hydrogens (primary N) is 1. The highest BCUT2D eigenvalue weighted by Crippen LogP contribution is 2.04. The van der Waals surface area contributed by atoms with E-state index in [-0.39, 0.29) is 6.54 Å². The molecule has 1 aromatic rings. The average Bonchev–Trinajstić information content (AvgIpc) is 2.29. The Bertz CT molecular complexity index is 335. The second kappa shape index (κ2) is 6.25. The number of nitrogens with one attached hydrogen (secondary N) is 1. The largest absolute Gasteiger partial charge is 0.382 e. The fourth-order valence-electron chi connectivity index (χ4n) is 1.35. The SMILES string of the molecule is CCc1ccc(CNCC(O)C(N)=O)cc1. The predicted octanol–water partition coefficient (Wildman–Crippen LogP) is 0.185. The van der Waals surface area contributed by atoms with E-state index in [9.17, 15) is 4.79 Å². The van der Waals surface area contributed by atoms with E-state index in [4.69, 9.17) is 10.8 Å². The molecule has 0 radical (unpaired) electrons. The van der Waals surface area contributed by atoms with Crippen molar-refractivity contribution in [2.75, 3.05) is 6.54 Å². The fraction of sp³-hybridized carbons (Fsp3) is 0.417. The zero-order valence-corrected chi connectivity index (χ0v) is 9.44. The minimum Gasteiger partial charge on any atom is -0.382 e. The highest BCUT2D eigenvalue weighted by Gasteiger charge is 2.08. The molecule has 0 aliphatic heterocycles. The smallest absolute Gasteiger partial charge is 0.247 e. The van der Waals surface area contributed by atoms with E-state index >= 15 is 0 Å². The summed E-state index contributed by atoms with van der Waals surface area (Å²) in [4.78, 5) is 10.6. The molecule has 16 heavy (non-hydrogen) atoms. The normalized spacial score (nSPS) is 12.4. The van der Waals surface area contributed by atoms with E-state index in [1.807, 2.05) is 12.1 Å². The van der Waals surface area contributed by atoms with Crippen LogP contribution in [0.3, 0.4) is 0 Å². The highest BCUT2D eigenvalue weighted by molar-refractivity contribution is 5.78. The second-order valence-corrected chi connectivity index (χ2v) is 3.72. The number of aliphatic hydroxyl groups is 1. The van der Waals surface area contributed by atoms with Crippen LogP contribution >= 0.6 is 0 Å². The van der Waals surface area contributed by atoms with Crippen molar-refractivity contribution in [2.45, 2.75) is 26.0 Å². The van der Waals surface area contributed by atoms with Gasteiger partial charge in [0.1, 0.15) is 6.10 Å². The van der Waals surface area contributed by atoms with E-state index in [0.717, 1.165) is 12.0 Å². The summed E-state index contributed by atoms with van der Waals surface area (Å²) in [5.74, 6) is -0.700.